The van der Waals surface area contributed by atoms with Gasteiger partial charge in [0.25, 0.3) is 5.91 Å². The van der Waals surface area contributed by atoms with Gasteiger partial charge in [-0.1, -0.05) is 110 Å². The molecule has 3 N–H and O–H groups in total. The standard InChI is InChI=1S/C25H33NO4.2C4H10/c1-4-5-7-12-23(28)24(29)22(15-19-10-8-6-9-11-19)26-25(30)21-14-17(2)13-20(16-21)18(3)27;2*1-3-4-2/h6,8-11,13-14,16,22-24,28-29H,4-5,7,12,15H2,1-3H3,(H,26,30);2*3-4H2,1-2H3. The highest BCUT2D eigenvalue weighted by atomic mass is 16.3. The molecule has 0 aliphatic carbocycles. The minimum absolute atomic E-state index is 0.111. The highest BCUT2D eigenvalue weighted by molar-refractivity contribution is 6.00. The van der Waals surface area contributed by atoms with E-state index in [1.807, 2.05) is 37.3 Å². The summed E-state index contributed by atoms with van der Waals surface area (Å²) in [4.78, 5) is 24.7. The quantitative estimate of drug-likeness (QED) is 0.186. The average Bonchev–Trinajstić information content (AvgIpc) is 2.92. The van der Waals surface area contributed by atoms with Crippen molar-refractivity contribution >= 4 is 11.7 Å². The summed E-state index contributed by atoms with van der Waals surface area (Å²) in [6, 6.07) is 13.9. The molecule has 38 heavy (non-hydrogen) atoms. The second-order valence-corrected chi connectivity index (χ2v) is 9.97. The molecule has 0 aromatic heterocycles. The van der Waals surface area contributed by atoms with E-state index in [0.29, 0.717) is 24.0 Å². The van der Waals surface area contributed by atoms with Gasteiger partial charge >= 0.3 is 0 Å². The summed E-state index contributed by atoms with van der Waals surface area (Å²) in [6.07, 6.45) is 6.97. The zero-order chi connectivity index (χ0) is 28.9. The SMILES string of the molecule is CCCC.CCCC.CCCCCC(O)C(O)C(Cc1ccccc1)NC(=O)c1cc(C)cc(C(C)=O)c1. The van der Waals surface area contributed by atoms with Crippen molar-refractivity contribution in [1.82, 2.24) is 5.32 Å². The van der Waals surface area contributed by atoms with E-state index in [1.54, 1.807) is 18.2 Å². The predicted molar refractivity (Wildman–Crippen MR) is 160 cm³/mol. The molecule has 0 fully saturated rings. The number of aryl methyl sites for hydroxylation is 1. The van der Waals surface area contributed by atoms with Crippen molar-refractivity contribution in [3.8, 4) is 0 Å². The average molecular weight is 528 g/mol. The van der Waals surface area contributed by atoms with Crippen molar-refractivity contribution in [2.45, 2.75) is 125 Å². The van der Waals surface area contributed by atoms with Crippen LogP contribution in [0.25, 0.3) is 0 Å². The zero-order valence-electron chi connectivity index (χ0n) is 24.9. The molecule has 0 aliphatic heterocycles. The van der Waals surface area contributed by atoms with Gasteiger partial charge in [-0.2, -0.15) is 0 Å². The molecule has 0 heterocycles. The molecule has 214 valence electrons. The first-order valence-corrected chi connectivity index (χ1v) is 14.5. The maximum Gasteiger partial charge on any atom is 0.251 e. The maximum atomic E-state index is 12.9. The second-order valence-electron chi connectivity index (χ2n) is 9.97. The molecule has 2 aromatic carbocycles. The summed E-state index contributed by atoms with van der Waals surface area (Å²) in [5, 5.41) is 24.2. The van der Waals surface area contributed by atoms with Crippen LogP contribution in [0.15, 0.2) is 48.5 Å². The Hall–Kier alpha value is -2.50. The first kappa shape index (κ1) is 35.5. The van der Waals surface area contributed by atoms with Crippen LogP contribution >= 0.6 is 0 Å². The zero-order valence-corrected chi connectivity index (χ0v) is 24.9. The van der Waals surface area contributed by atoms with Crippen LogP contribution in [-0.2, 0) is 6.42 Å². The third kappa shape index (κ3) is 15.0. The molecule has 2 aromatic rings. The number of hydrogen-bond donors (Lipinski definition) is 3. The number of hydrogen-bond acceptors (Lipinski definition) is 4. The van der Waals surface area contributed by atoms with E-state index in [0.717, 1.165) is 30.4 Å². The molecule has 0 saturated heterocycles. The third-order valence-electron chi connectivity index (χ3n) is 6.27. The Bertz CT molecular complexity index is 889. The molecule has 3 unspecified atom stereocenters. The second kappa shape index (κ2) is 21.4. The number of aliphatic hydroxyl groups is 2. The Labute approximate surface area is 232 Å². The normalized spacial score (nSPS) is 12.7. The summed E-state index contributed by atoms with van der Waals surface area (Å²) in [6.45, 7) is 14.1. The molecule has 0 radical (unpaired) electrons. The number of rotatable bonds is 13. The fraction of sp³-hybridized carbons (Fsp3) is 0.576. The number of aliphatic hydroxyl groups excluding tert-OH is 2. The summed E-state index contributed by atoms with van der Waals surface area (Å²) < 4.78 is 0. The van der Waals surface area contributed by atoms with Gasteiger partial charge in [-0.3, -0.25) is 9.59 Å². The van der Waals surface area contributed by atoms with Crippen molar-refractivity contribution < 1.29 is 19.8 Å². The van der Waals surface area contributed by atoms with E-state index in [9.17, 15) is 19.8 Å². The van der Waals surface area contributed by atoms with Gasteiger partial charge in [-0.25, -0.2) is 0 Å². The summed E-state index contributed by atoms with van der Waals surface area (Å²) in [5.74, 6) is -0.484. The molecule has 3 atom stereocenters. The lowest BCUT2D eigenvalue weighted by Gasteiger charge is -2.28. The van der Waals surface area contributed by atoms with Crippen molar-refractivity contribution in [2.75, 3.05) is 0 Å². The molecule has 5 heteroatoms. The van der Waals surface area contributed by atoms with Crippen LogP contribution in [0.2, 0.25) is 0 Å². The predicted octanol–water partition coefficient (Wildman–Crippen LogP) is 7.45. The molecule has 0 spiro atoms. The van der Waals surface area contributed by atoms with Gasteiger partial charge < -0.3 is 15.5 Å². The first-order chi connectivity index (χ1) is 18.1. The fourth-order valence-corrected chi connectivity index (χ4v) is 3.54. The van der Waals surface area contributed by atoms with Crippen molar-refractivity contribution in [2.24, 2.45) is 0 Å². The molecular weight excluding hydrogens is 474 g/mol. The summed E-state index contributed by atoms with van der Waals surface area (Å²) >= 11 is 0. The molecule has 2 rings (SSSR count). The van der Waals surface area contributed by atoms with Gasteiger partial charge in [0.05, 0.1) is 12.1 Å². The van der Waals surface area contributed by atoms with Gasteiger partial charge in [0.2, 0.25) is 0 Å². The lowest BCUT2D eigenvalue weighted by molar-refractivity contribution is -0.00830. The van der Waals surface area contributed by atoms with Gasteiger partial charge in [0, 0.05) is 11.1 Å². The Morgan fingerprint density at radius 2 is 1.34 bits per heavy atom. The number of amides is 1. The first-order valence-electron chi connectivity index (χ1n) is 14.5. The Morgan fingerprint density at radius 1 is 0.789 bits per heavy atom. The van der Waals surface area contributed by atoms with E-state index in [1.165, 1.54) is 32.6 Å². The number of ketones is 1. The molecule has 1 amide bonds. The minimum Gasteiger partial charge on any atom is -0.390 e. The number of nitrogens with one attached hydrogen (secondary N) is 1. The lowest BCUT2D eigenvalue weighted by atomic mass is 9.94. The van der Waals surface area contributed by atoms with E-state index in [4.69, 9.17) is 0 Å². The van der Waals surface area contributed by atoms with Crippen LogP contribution in [0, 0.1) is 6.92 Å². The minimum atomic E-state index is -1.09. The molecule has 0 aliphatic rings. The molecule has 0 saturated carbocycles. The Kier molecular flexibility index (Phi) is 20.0. The lowest BCUT2D eigenvalue weighted by Crippen LogP contribution is -2.49. The maximum absolute atomic E-state index is 12.9. The Balaban J connectivity index is 0.00000150. The highest BCUT2D eigenvalue weighted by Gasteiger charge is 2.28. The smallest absolute Gasteiger partial charge is 0.251 e. The van der Waals surface area contributed by atoms with E-state index >= 15 is 0 Å². The van der Waals surface area contributed by atoms with Crippen LogP contribution in [-0.4, -0.2) is 40.2 Å². The number of Topliss-reactive ketones (excluding diaryl/α,β-unsaturated/α-hetero) is 1. The molecule has 0 bridgehead atoms. The van der Waals surface area contributed by atoms with Crippen LogP contribution in [0.3, 0.4) is 0 Å². The topological polar surface area (TPSA) is 86.6 Å². The van der Waals surface area contributed by atoms with Crippen LogP contribution in [0.4, 0.5) is 0 Å². The number of carbonyl (C=O) groups is 2. The van der Waals surface area contributed by atoms with Gasteiger partial charge in [-0.15, -0.1) is 0 Å². The van der Waals surface area contributed by atoms with Crippen molar-refractivity contribution in [3.05, 3.63) is 70.8 Å². The summed E-state index contributed by atoms with van der Waals surface area (Å²) in [7, 11) is 0. The Morgan fingerprint density at radius 3 is 1.84 bits per heavy atom. The van der Waals surface area contributed by atoms with E-state index in [-0.39, 0.29) is 11.7 Å². The monoisotopic (exact) mass is 527 g/mol. The van der Waals surface area contributed by atoms with Crippen LogP contribution < -0.4 is 5.32 Å². The van der Waals surface area contributed by atoms with E-state index < -0.39 is 18.2 Å². The fourth-order valence-electron chi connectivity index (χ4n) is 3.54. The van der Waals surface area contributed by atoms with E-state index in [2.05, 4.69) is 39.9 Å². The van der Waals surface area contributed by atoms with Crippen molar-refractivity contribution in [3.63, 3.8) is 0 Å². The van der Waals surface area contributed by atoms with Crippen LogP contribution in [0.5, 0.6) is 0 Å². The van der Waals surface area contributed by atoms with Gasteiger partial charge in [-0.05, 0) is 56.0 Å². The van der Waals surface area contributed by atoms with Gasteiger partial charge in [0.1, 0.15) is 6.10 Å². The van der Waals surface area contributed by atoms with Crippen LogP contribution in [0.1, 0.15) is 125 Å². The number of carbonyl (C=O) groups excluding carboxylic acids is 2. The summed E-state index contributed by atoms with van der Waals surface area (Å²) in [5.41, 5.74) is 2.61. The van der Waals surface area contributed by atoms with Crippen molar-refractivity contribution in [1.29, 1.82) is 0 Å². The third-order valence-corrected chi connectivity index (χ3v) is 6.27. The molecular formula is C33H53NO4. The van der Waals surface area contributed by atoms with Gasteiger partial charge in [0.15, 0.2) is 5.78 Å². The largest absolute Gasteiger partial charge is 0.390 e. The number of unbranched alkanes of at least 4 members (excludes halogenated alkanes) is 4. The highest BCUT2D eigenvalue weighted by Crippen LogP contribution is 2.16. The number of benzene rings is 2. The molecule has 5 nitrogen and oxygen atoms in total.